The van der Waals surface area contributed by atoms with Crippen LogP contribution in [0.3, 0.4) is 0 Å². The van der Waals surface area contributed by atoms with Crippen LogP contribution in [0.25, 0.3) is 11.1 Å². The second-order valence-corrected chi connectivity index (χ2v) is 3.70. The lowest BCUT2D eigenvalue weighted by Gasteiger charge is -2.09. The molecule has 3 nitrogen and oxygen atoms in total. The summed E-state index contributed by atoms with van der Waals surface area (Å²) >= 11 is 0. The first-order valence-electron chi connectivity index (χ1n) is 4.83. The van der Waals surface area contributed by atoms with Gasteiger partial charge in [-0.25, -0.2) is 0 Å². The number of nitrogens with two attached hydrogens (primary N) is 1. The summed E-state index contributed by atoms with van der Waals surface area (Å²) < 4.78 is 38.9. The molecule has 0 aliphatic carbocycles. The van der Waals surface area contributed by atoms with Crippen molar-refractivity contribution in [3.05, 3.63) is 36.2 Å². The number of aromatic nitrogens is 2. The second kappa shape index (κ2) is 3.80. The Balaban J connectivity index is 2.45. The van der Waals surface area contributed by atoms with Crippen LogP contribution in [0.1, 0.15) is 5.56 Å². The Morgan fingerprint density at radius 3 is 2.47 bits per heavy atom. The van der Waals surface area contributed by atoms with Crippen molar-refractivity contribution >= 4 is 5.69 Å². The fraction of sp³-hybridized carbons (Fsp3) is 0.182. The van der Waals surface area contributed by atoms with Crippen LogP contribution >= 0.6 is 0 Å². The van der Waals surface area contributed by atoms with Gasteiger partial charge in [0.1, 0.15) is 0 Å². The van der Waals surface area contributed by atoms with Crippen molar-refractivity contribution in [3.8, 4) is 11.1 Å². The highest BCUT2D eigenvalue weighted by atomic mass is 19.4. The fourth-order valence-electron chi connectivity index (χ4n) is 1.56. The molecule has 0 unspecified atom stereocenters. The van der Waals surface area contributed by atoms with Crippen LogP contribution in [0.2, 0.25) is 0 Å². The molecule has 90 valence electrons. The normalized spacial score (nSPS) is 11.8. The molecule has 0 bridgehead atoms. The zero-order chi connectivity index (χ0) is 12.6. The molecule has 0 aliphatic rings. The number of benzene rings is 1. The van der Waals surface area contributed by atoms with Gasteiger partial charge in [0.05, 0.1) is 11.8 Å². The molecule has 2 rings (SSSR count). The molecular formula is C11H10F3N3. The predicted molar refractivity (Wildman–Crippen MR) is 58.1 cm³/mol. The first kappa shape index (κ1) is 11.5. The number of hydrogen-bond acceptors (Lipinski definition) is 2. The molecule has 17 heavy (non-hydrogen) atoms. The molecule has 0 fully saturated rings. The summed E-state index contributed by atoms with van der Waals surface area (Å²) in [7, 11) is 1.73. The molecule has 1 heterocycles. The summed E-state index contributed by atoms with van der Waals surface area (Å²) in [5.74, 6) is 0. The third-order valence-corrected chi connectivity index (χ3v) is 2.39. The first-order chi connectivity index (χ1) is 7.88. The van der Waals surface area contributed by atoms with Crippen LogP contribution in [-0.4, -0.2) is 9.78 Å². The smallest absolute Gasteiger partial charge is 0.398 e. The maximum atomic E-state index is 12.4. The van der Waals surface area contributed by atoms with E-state index in [1.54, 1.807) is 24.1 Å². The Kier molecular flexibility index (Phi) is 2.57. The minimum absolute atomic E-state index is 0.0906. The second-order valence-electron chi connectivity index (χ2n) is 3.70. The zero-order valence-corrected chi connectivity index (χ0v) is 8.99. The van der Waals surface area contributed by atoms with Crippen LogP contribution in [0, 0.1) is 0 Å². The quantitative estimate of drug-likeness (QED) is 0.780. The number of rotatable bonds is 1. The van der Waals surface area contributed by atoms with E-state index >= 15 is 0 Å². The average molecular weight is 241 g/mol. The molecule has 6 heteroatoms. The largest absolute Gasteiger partial charge is 0.416 e. The third-order valence-electron chi connectivity index (χ3n) is 2.39. The summed E-state index contributed by atoms with van der Waals surface area (Å²) in [5.41, 5.74) is 6.21. The van der Waals surface area contributed by atoms with E-state index < -0.39 is 11.7 Å². The van der Waals surface area contributed by atoms with Gasteiger partial charge in [-0.3, -0.25) is 4.68 Å². The van der Waals surface area contributed by atoms with Crippen LogP contribution in [0.4, 0.5) is 18.9 Å². The zero-order valence-electron chi connectivity index (χ0n) is 8.99. The van der Waals surface area contributed by atoms with Crippen LogP contribution < -0.4 is 5.73 Å². The molecule has 1 aromatic carbocycles. The van der Waals surface area contributed by atoms with Gasteiger partial charge in [-0.15, -0.1) is 0 Å². The van der Waals surface area contributed by atoms with Crippen LogP contribution in [0.15, 0.2) is 30.6 Å². The maximum absolute atomic E-state index is 12.4. The highest BCUT2D eigenvalue weighted by Crippen LogP contribution is 2.34. The topological polar surface area (TPSA) is 43.8 Å². The van der Waals surface area contributed by atoms with E-state index in [1.165, 1.54) is 6.07 Å². The number of nitrogens with zero attached hydrogens (tertiary/aromatic N) is 2. The molecule has 0 atom stereocenters. The molecule has 0 aliphatic heterocycles. The van der Waals surface area contributed by atoms with Crippen molar-refractivity contribution in [2.45, 2.75) is 6.18 Å². The lowest BCUT2D eigenvalue weighted by Crippen LogP contribution is -2.05. The summed E-state index contributed by atoms with van der Waals surface area (Å²) in [6, 6.07) is 3.30. The number of anilines is 1. The summed E-state index contributed by atoms with van der Waals surface area (Å²) in [4.78, 5) is 0. The van der Waals surface area contributed by atoms with E-state index in [0.29, 0.717) is 11.1 Å². The van der Waals surface area contributed by atoms with Crippen molar-refractivity contribution in [2.24, 2.45) is 7.05 Å². The molecule has 2 aromatic rings. The van der Waals surface area contributed by atoms with Gasteiger partial charge in [-0.2, -0.15) is 18.3 Å². The lowest BCUT2D eigenvalue weighted by molar-refractivity contribution is -0.137. The Morgan fingerprint density at radius 2 is 2.00 bits per heavy atom. The van der Waals surface area contributed by atoms with Gasteiger partial charge in [-0.05, 0) is 12.1 Å². The summed E-state index contributed by atoms with van der Waals surface area (Å²) in [5, 5.41) is 3.94. The summed E-state index contributed by atoms with van der Waals surface area (Å²) in [6.07, 6.45) is -1.13. The van der Waals surface area contributed by atoms with E-state index in [1.807, 2.05) is 0 Å². The average Bonchev–Trinajstić information content (AvgIpc) is 2.63. The minimum atomic E-state index is -4.37. The van der Waals surface area contributed by atoms with Crippen molar-refractivity contribution in [1.29, 1.82) is 0 Å². The maximum Gasteiger partial charge on any atom is 0.416 e. The highest BCUT2D eigenvalue weighted by Gasteiger charge is 2.30. The molecule has 0 saturated carbocycles. The Labute approximate surface area is 95.7 Å². The number of halogens is 3. The first-order valence-corrected chi connectivity index (χ1v) is 4.83. The van der Waals surface area contributed by atoms with Crippen molar-refractivity contribution in [2.75, 3.05) is 5.73 Å². The molecule has 0 spiro atoms. The minimum Gasteiger partial charge on any atom is -0.398 e. The van der Waals surface area contributed by atoms with Gasteiger partial charge >= 0.3 is 6.18 Å². The van der Waals surface area contributed by atoms with E-state index in [9.17, 15) is 13.2 Å². The fourth-order valence-corrected chi connectivity index (χ4v) is 1.56. The Morgan fingerprint density at radius 1 is 1.29 bits per heavy atom. The highest BCUT2D eigenvalue weighted by molar-refractivity contribution is 5.76. The van der Waals surface area contributed by atoms with E-state index in [2.05, 4.69) is 5.10 Å². The third kappa shape index (κ3) is 2.25. The molecule has 0 saturated heterocycles. The lowest BCUT2D eigenvalue weighted by atomic mass is 10.0. The predicted octanol–water partition coefficient (Wildman–Crippen LogP) is 2.69. The van der Waals surface area contributed by atoms with Gasteiger partial charge in [-0.1, -0.05) is 6.07 Å². The van der Waals surface area contributed by atoms with Crippen molar-refractivity contribution in [1.82, 2.24) is 9.78 Å². The molecule has 1 aromatic heterocycles. The standard InChI is InChI=1S/C11H10F3N3/c1-17-6-7(5-16-17)9-3-2-8(4-10(9)15)11(12,13)14/h2-6H,15H2,1H3. The van der Waals surface area contributed by atoms with Crippen molar-refractivity contribution < 1.29 is 13.2 Å². The van der Waals surface area contributed by atoms with Gasteiger partial charge in [0.2, 0.25) is 0 Å². The van der Waals surface area contributed by atoms with E-state index in [4.69, 9.17) is 5.73 Å². The van der Waals surface area contributed by atoms with Gasteiger partial charge in [0, 0.05) is 30.1 Å². The number of aryl methyl sites for hydroxylation is 1. The number of alkyl halides is 3. The Hall–Kier alpha value is -1.98. The van der Waals surface area contributed by atoms with E-state index in [0.717, 1.165) is 12.1 Å². The van der Waals surface area contributed by atoms with Crippen LogP contribution in [-0.2, 0) is 13.2 Å². The monoisotopic (exact) mass is 241 g/mol. The van der Waals surface area contributed by atoms with Gasteiger partial charge in [0.25, 0.3) is 0 Å². The molecule has 0 radical (unpaired) electrons. The number of nitrogen functional groups attached to an aromatic ring is 1. The molecular weight excluding hydrogens is 231 g/mol. The molecule has 2 N–H and O–H groups in total. The van der Waals surface area contributed by atoms with Crippen LogP contribution in [0.5, 0.6) is 0 Å². The van der Waals surface area contributed by atoms with Gasteiger partial charge < -0.3 is 5.73 Å². The number of hydrogen-bond donors (Lipinski definition) is 1. The molecule has 0 amide bonds. The van der Waals surface area contributed by atoms with Crippen molar-refractivity contribution in [3.63, 3.8) is 0 Å². The van der Waals surface area contributed by atoms with E-state index in [-0.39, 0.29) is 5.69 Å². The van der Waals surface area contributed by atoms with Gasteiger partial charge in [0.15, 0.2) is 0 Å². The summed E-state index contributed by atoms with van der Waals surface area (Å²) in [6.45, 7) is 0. The Bertz CT molecular complexity index is 543. The SMILES string of the molecule is Cn1cc(-c2ccc(C(F)(F)F)cc2N)cn1.